The average molecular weight is 387 g/mol. The summed E-state index contributed by atoms with van der Waals surface area (Å²) in [6.45, 7) is -0.442. The van der Waals surface area contributed by atoms with E-state index in [4.69, 9.17) is 21.1 Å². The van der Waals surface area contributed by atoms with Crippen molar-refractivity contribution in [1.29, 1.82) is 0 Å². The van der Waals surface area contributed by atoms with Crippen LogP contribution >= 0.6 is 11.6 Å². The molecule has 3 rings (SSSR count). The first-order chi connectivity index (χ1) is 12.4. The second-order valence-corrected chi connectivity index (χ2v) is 7.75. The van der Waals surface area contributed by atoms with Crippen LogP contribution in [0.25, 0.3) is 0 Å². The van der Waals surface area contributed by atoms with Gasteiger partial charge in [0, 0.05) is 12.1 Å². The lowest BCUT2D eigenvalue weighted by Gasteiger charge is -2.40. The normalized spacial score (nSPS) is 37.8. The number of hydrogen-bond donors (Lipinski definition) is 4. The van der Waals surface area contributed by atoms with Gasteiger partial charge in [0.1, 0.15) is 30.5 Å². The summed E-state index contributed by atoms with van der Waals surface area (Å²) in [6.07, 6.45) is -1.55. The van der Waals surface area contributed by atoms with Crippen molar-refractivity contribution in [2.45, 2.75) is 62.3 Å². The molecule has 0 aromatic heterocycles. The standard InChI is InChI=1S/C19H27ClO6/c1-25-13-4-2-10(7-13)6-12-8-11(3-5-14(12)20)19-18(24)17(23)16(22)15(9-21)26-19/h3,5,8,10,13,15-19,21-24H,2,4,6-7,9H2,1H3/t10?,13?,15-,16-,17?,18-,19+/m1/s1. The smallest absolute Gasteiger partial charge is 0.113 e. The molecule has 146 valence electrons. The molecule has 2 aliphatic rings. The fraction of sp³-hybridized carbons (Fsp3) is 0.684. The minimum atomic E-state index is -1.39. The fourth-order valence-electron chi connectivity index (χ4n) is 4.04. The van der Waals surface area contributed by atoms with Crippen LogP contribution in [0.15, 0.2) is 18.2 Å². The first kappa shape index (κ1) is 20.0. The molecule has 6 nitrogen and oxygen atoms in total. The third kappa shape index (κ3) is 4.07. The van der Waals surface area contributed by atoms with Crippen LogP contribution in [-0.2, 0) is 15.9 Å². The van der Waals surface area contributed by atoms with E-state index in [1.807, 2.05) is 6.07 Å². The molecule has 4 N–H and O–H groups in total. The summed E-state index contributed by atoms with van der Waals surface area (Å²) in [6, 6.07) is 5.39. The Hall–Kier alpha value is -0.730. The molecule has 2 fully saturated rings. The molecule has 1 aliphatic carbocycles. The Balaban J connectivity index is 1.78. The molecule has 1 saturated heterocycles. The first-order valence-electron chi connectivity index (χ1n) is 9.06. The van der Waals surface area contributed by atoms with Crippen molar-refractivity contribution in [2.75, 3.05) is 13.7 Å². The average Bonchev–Trinajstić information content (AvgIpc) is 3.10. The third-order valence-corrected chi connectivity index (χ3v) is 5.99. The molecule has 0 radical (unpaired) electrons. The number of aliphatic hydroxyl groups excluding tert-OH is 4. The topological polar surface area (TPSA) is 99.4 Å². The van der Waals surface area contributed by atoms with E-state index in [-0.39, 0.29) is 0 Å². The second-order valence-electron chi connectivity index (χ2n) is 7.34. The predicted octanol–water partition coefficient (Wildman–Crippen LogP) is 1.21. The SMILES string of the molecule is COC1CCC(Cc2cc([C@@H]3O[C@H](CO)[C@@H](O)C(O)[C@H]3O)ccc2Cl)C1. The van der Waals surface area contributed by atoms with E-state index < -0.39 is 37.1 Å². The lowest BCUT2D eigenvalue weighted by molar-refractivity contribution is -0.231. The molecular formula is C19H27ClO6. The van der Waals surface area contributed by atoms with Crippen molar-refractivity contribution in [2.24, 2.45) is 5.92 Å². The Labute approximate surface area is 158 Å². The molecule has 0 amide bonds. The quantitative estimate of drug-likeness (QED) is 0.607. The van der Waals surface area contributed by atoms with Gasteiger partial charge in [-0.2, -0.15) is 0 Å². The highest BCUT2D eigenvalue weighted by atomic mass is 35.5. The van der Waals surface area contributed by atoms with Gasteiger partial charge in [0.05, 0.1) is 12.7 Å². The van der Waals surface area contributed by atoms with Gasteiger partial charge in [-0.05, 0) is 48.8 Å². The number of benzene rings is 1. The zero-order chi connectivity index (χ0) is 18.8. The van der Waals surface area contributed by atoms with Crippen LogP contribution in [0, 0.1) is 5.92 Å². The Morgan fingerprint density at radius 3 is 2.58 bits per heavy atom. The van der Waals surface area contributed by atoms with Crippen LogP contribution in [0.2, 0.25) is 5.02 Å². The van der Waals surface area contributed by atoms with Crippen LogP contribution in [0.4, 0.5) is 0 Å². The Morgan fingerprint density at radius 1 is 1.15 bits per heavy atom. The Morgan fingerprint density at radius 2 is 1.92 bits per heavy atom. The number of halogens is 1. The Kier molecular flexibility index (Phi) is 6.56. The Bertz CT molecular complexity index is 610. The zero-order valence-corrected chi connectivity index (χ0v) is 15.5. The van der Waals surface area contributed by atoms with Crippen molar-refractivity contribution in [1.82, 2.24) is 0 Å². The molecule has 26 heavy (non-hydrogen) atoms. The molecule has 0 bridgehead atoms. The zero-order valence-electron chi connectivity index (χ0n) is 14.8. The van der Waals surface area contributed by atoms with Gasteiger partial charge in [-0.25, -0.2) is 0 Å². The molecule has 1 heterocycles. The van der Waals surface area contributed by atoms with Gasteiger partial charge < -0.3 is 29.9 Å². The highest BCUT2D eigenvalue weighted by molar-refractivity contribution is 6.31. The number of hydrogen-bond acceptors (Lipinski definition) is 6. The van der Waals surface area contributed by atoms with Crippen LogP contribution in [0.5, 0.6) is 0 Å². The van der Waals surface area contributed by atoms with Crippen molar-refractivity contribution in [3.8, 4) is 0 Å². The maximum Gasteiger partial charge on any atom is 0.113 e. The van der Waals surface area contributed by atoms with E-state index in [1.165, 1.54) is 0 Å². The van der Waals surface area contributed by atoms with E-state index in [2.05, 4.69) is 0 Å². The molecule has 1 aromatic carbocycles. The van der Waals surface area contributed by atoms with Crippen molar-refractivity contribution in [3.63, 3.8) is 0 Å². The fourth-order valence-corrected chi connectivity index (χ4v) is 4.24. The van der Waals surface area contributed by atoms with Gasteiger partial charge in [0.15, 0.2) is 0 Å². The maximum atomic E-state index is 10.3. The summed E-state index contributed by atoms with van der Waals surface area (Å²) in [7, 11) is 1.74. The van der Waals surface area contributed by atoms with E-state index in [0.717, 1.165) is 31.2 Å². The molecule has 1 aliphatic heterocycles. The van der Waals surface area contributed by atoms with Gasteiger partial charge in [-0.3, -0.25) is 0 Å². The lowest BCUT2D eigenvalue weighted by Crippen LogP contribution is -2.55. The molecular weight excluding hydrogens is 360 g/mol. The number of ether oxygens (including phenoxy) is 2. The number of aliphatic hydroxyl groups is 4. The highest BCUT2D eigenvalue weighted by Gasteiger charge is 2.44. The van der Waals surface area contributed by atoms with Crippen LogP contribution in [0.1, 0.15) is 36.5 Å². The molecule has 1 saturated carbocycles. The van der Waals surface area contributed by atoms with Gasteiger partial charge in [-0.15, -0.1) is 0 Å². The van der Waals surface area contributed by atoms with E-state index in [1.54, 1.807) is 19.2 Å². The molecule has 0 spiro atoms. The van der Waals surface area contributed by atoms with Crippen molar-refractivity contribution < 1.29 is 29.9 Å². The predicted molar refractivity (Wildman–Crippen MR) is 96.0 cm³/mol. The van der Waals surface area contributed by atoms with Crippen LogP contribution < -0.4 is 0 Å². The van der Waals surface area contributed by atoms with Crippen molar-refractivity contribution >= 4 is 11.6 Å². The minimum absolute atomic E-state index is 0.299. The lowest BCUT2D eigenvalue weighted by atomic mass is 9.89. The van der Waals surface area contributed by atoms with Crippen LogP contribution in [-0.4, -0.2) is 64.7 Å². The third-order valence-electron chi connectivity index (χ3n) is 5.63. The summed E-state index contributed by atoms with van der Waals surface area (Å²) in [5, 5.41) is 40.3. The summed E-state index contributed by atoms with van der Waals surface area (Å²) in [5.41, 5.74) is 1.63. The van der Waals surface area contributed by atoms with Gasteiger partial charge in [0.25, 0.3) is 0 Å². The largest absolute Gasteiger partial charge is 0.394 e. The summed E-state index contributed by atoms with van der Waals surface area (Å²) < 4.78 is 11.1. The summed E-state index contributed by atoms with van der Waals surface area (Å²) in [4.78, 5) is 0. The summed E-state index contributed by atoms with van der Waals surface area (Å²) >= 11 is 6.36. The van der Waals surface area contributed by atoms with E-state index >= 15 is 0 Å². The molecule has 7 atom stereocenters. The van der Waals surface area contributed by atoms with E-state index in [0.29, 0.717) is 22.6 Å². The van der Waals surface area contributed by atoms with Gasteiger partial charge in [-0.1, -0.05) is 23.7 Å². The first-order valence-corrected chi connectivity index (χ1v) is 9.44. The molecule has 1 aromatic rings. The number of methoxy groups -OCH3 is 1. The maximum absolute atomic E-state index is 10.3. The van der Waals surface area contributed by atoms with Gasteiger partial charge >= 0.3 is 0 Å². The van der Waals surface area contributed by atoms with Crippen LogP contribution in [0.3, 0.4) is 0 Å². The summed E-state index contributed by atoms with van der Waals surface area (Å²) in [5.74, 6) is 0.488. The number of rotatable bonds is 5. The second kappa shape index (κ2) is 8.52. The molecule has 7 heteroatoms. The van der Waals surface area contributed by atoms with Crippen molar-refractivity contribution in [3.05, 3.63) is 34.3 Å². The minimum Gasteiger partial charge on any atom is -0.394 e. The monoisotopic (exact) mass is 386 g/mol. The van der Waals surface area contributed by atoms with Gasteiger partial charge in [0.2, 0.25) is 0 Å². The molecule has 3 unspecified atom stereocenters. The van der Waals surface area contributed by atoms with E-state index in [9.17, 15) is 20.4 Å². The highest BCUT2D eigenvalue weighted by Crippen LogP contribution is 2.36.